The van der Waals surface area contributed by atoms with E-state index < -0.39 is 0 Å². The summed E-state index contributed by atoms with van der Waals surface area (Å²) in [6.45, 7) is 1.14. The second kappa shape index (κ2) is 5.15. The first kappa shape index (κ1) is 9.53. The molecular weight excluding hydrogens is 194 g/mol. The van der Waals surface area contributed by atoms with Gasteiger partial charge in [-0.2, -0.15) is 0 Å². The molecule has 0 aliphatic heterocycles. The first-order valence-corrected chi connectivity index (χ1v) is 4.64. The zero-order chi connectivity index (χ0) is 8.81. The van der Waals surface area contributed by atoms with Gasteiger partial charge < -0.3 is 4.74 Å². The monoisotopic (exact) mass is 201 g/mol. The minimum atomic E-state index is 0.547. The molecule has 0 aliphatic rings. The van der Waals surface area contributed by atoms with Gasteiger partial charge in [-0.1, -0.05) is 11.6 Å². The van der Waals surface area contributed by atoms with E-state index in [1.165, 1.54) is 11.3 Å². The molecule has 0 bridgehead atoms. The molecule has 0 amide bonds. The maximum atomic E-state index is 5.62. The highest BCUT2D eigenvalue weighted by atomic mass is 35.5. The molecule has 1 aromatic heterocycles. The molecule has 4 heteroatoms. The zero-order valence-electron chi connectivity index (χ0n) is 6.42. The quantitative estimate of drug-likeness (QED) is 0.551. The average Bonchev–Trinajstić information content (AvgIpc) is 2.45. The fourth-order valence-corrected chi connectivity index (χ4v) is 1.57. The molecule has 0 saturated carbocycles. The number of hydrogen-bond acceptors (Lipinski definition) is 3. The lowest BCUT2D eigenvalue weighted by Gasteiger charge is -1.96. The van der Waals surface area contributed by atoms with Crippen LogP contribution in [0.25, 0.3) is 0 Å². The van der Waals surface area contributed by atoms with Gasteiger partial charge in [0, 0.05) is 12.6 Å². The van der Waals surface area contributed by atoms with Crippen molar-refractivity contribution in [3.63, 3.8) is 0 Å². The molecule has 0 saturated heterocycles. The summed E-state index contributed by atoms with van der Waals surface area (Å²) in [7, 11) is 0. The van der Waals surface area contributed by atoms with E-state index in [0.717, 1.165) is 4.88 Å². The average molecular weight is 202 g/mol. The van der Waals surface area contributed by atoms with Gasteiger partial charge in [0.2, 0.25) is 0 Å². The van der Waals surface area contributed by atoms with Crippen molar-refractivity contribution in [3.8, 4) is 12.3 Å². The second-order valence-corrected chi connectivity index (χ2v) is 3.78. The van der Waals surface area contributed by atoms with Gasteiger partial charge in [0.05, 0.1) is 18.1 Å². The van der Waals surface area contributed by atoms with Gasteiger partial charge >= 0.3 is 0 Å². The molecule has 0 unspecified atom stereocenters. The topological polar surface area (TPSA) is 22.1 Å². The predicted octanol–water partition coefficient (Wildman–Crippen LogP) is 2.34. The number of thiazole rings is 1. The number of halogens is 1. The number of ether oxygens (including phenoxy) is 1. The standard InChI is InChI=1S/C8H8ClNOS/c1-2-3-4-11-6-7-5-10-8(9)12-7/h1,5H,3-4,6H2. The van der Waals surface area contributed by atoms with Crippen LogP contribution in [0.15, 0.2) is 6.20 Å². The lowest BCUT2D eigenvalue weighted by molar-refractivity contribution is 0.128. The summed E-state index contributed by atoms with van der Waals surface area (Å²) in [6, 6.07) is 0. The van der Waals surface area contributed by atoms with Crippen LogP contribution in [-0.4, -0.2) is 11.6 Å². The Morgan fingerprint density at radius 3 is 3.17 bits per heavy atom. The van der Waals surface area contributed by atoms with E-state index in [4.69, 9.17) is 22.8 Å². The van der Waals surface area contributed by atoms with Gasteiger partial charge in [0.25, 0.3) is 0 Å². The number of terminal acetylenes is 1. The van der Waals surface area contributed by atoms with Gasteiger partial charge in [-0.05, 0) is 0 Å². The van der Waals surface area contributed by atoms with E-state index in [9.17, 15) is 0 Å². The van der Waals surface area contributed by atoms with Gasteiger partial charge in [-0.15, -0.1) is 23.7 Å². The van der Waals surface area contributed by atoms with E-state index in [-0.39, 0.29) is 0 Å². The highest BCUT2D eigenvalue weighted by molar-refractivity contribution is 7.15. The van der Waals surface area contributed by atoms with Crippen molar-refractivity contribution in [1.82, 2.24) is 4.98 Å². The van der Waals surface area contributed by atoms with Crippen LogP contribution in [0.5, 0.6) is 0 Å². The van der Waals surface area contributed by atoms with Crippen molar-refractivity contribution in [3.05, 3.63) is 15.5 Å². The zero-order valence-corrected chi connectivity index (χ0v) is 7.99. The third-order valence-corrected chi connectivity index (χ3v) is 2.25. The van der Waals surface area contributed by atoms with Crippen LogP contribution < -0.4 is 0 Å². The molecule has 2 nitrogen and oxygen atoms in total. The van der Waals surface area contributed by atoms with Crippen molar-refractivity contribution in [1.29, 1.82) is 0 Å². The van der Waals surface area contributed by atoms with Gasteiger partial charge in [0.15, 0.2) is 4.47 Å². The van der Waals surface area contributed by atoms with Crippen LogP contribution >= 0.6 is 22.9 Å². The third kappa shape index (κ3) is 3.22. The number of nitrogens with zero attached hydrogens (tertiary/aromatic N) is 1. The highest BCUT2D eigenvalue weighted by Gasteiger charge is 1.98. The van der Waals surface area contributed by atoms with Crippen molar-refractivity contribution in [2.75, 3.05) is 6.61 Å². The number of hydrogen-bond donors (Lipinski definition) is 0. The van der Waals surface area contributed by atoms with E-state index in [1.807, 2.05) is 0 Å². The third-order valence-electron chi connectivity index (χ3n) is 1.16. The summed E-state index contributed by atoms with van der Waals surface area (Å²) in [5, 5.41) is 0. The van der Waals surface area contributed by atoms with Crippen LogP contribution in [0.3, 0.4) is 0 Å². The maximum absolute atomic E-state index is 5.62. The number of aromatic nitrogens is 1. The van der Waals surface area contributed by atoms with Crippen molar-refractivity contribution in [2.45, 2.75) is 13.0 Å². The molecule has 0 radical (unpaired) electrons. The Balaban J connectivity index is 2.21. The normalized spacial score (nSPS) is 9.67. The Kier molecular flexibility index (Phi) is 4.09. The van der Waals surface area contributed by atoms with Crippen LogP contribution in [0, 0.1) is 12.3 Å². The molecule has 1 rings (SSSR count). The van der Waals surface area contributed by atoms with Crippen LogP contribution in [-0.2, 0) is 11.3 Å². The summed E-state index contributed by atoms with van der Waals surface area (Å²) in [6.07, 6.45) is 7.41. The molecule has 64 valence electrons. The van der Waals surface area contributed by atoms with Crippen LogP contribution in [0.2, 0.25) is 4.47 Å². The summed E-state index contributed by atoms with van der Waals surface area (Å²) in [5.74, 6) is 2.50. The smallest absolute Gasteiger partial charge is 0.183 e. The molecule has 0 aliphatic carbocycles. The second-order valence-electron chi connectivity index (χ2n) is 2.09. The Bertz CT molecular complexity index is 279. The lowest BCUT2D eigenvalue weighted by atomic mass is 10.5. The number of rotatable bonds is 4. The largest absolute Gasteiger partial charge is 0.375 e. The van der Waals surface area contributed by atoms with Gasteiger partial charge in [0.1, 0.15) is 0 Å². The fourth-order valence-electron chi connectivity index (χ4n) is 0.654. The Hall–Kier alpha value is -0.560. The van der Waals surface area contributed by atoms with Crippen LogP contribution in [0.1, 0.15) is 11.3 Å². The highest BCUT2D eigenvalue weighted by Crippen LogP contribution is 2.18. The van der Waals surface area contributed by atoms with Gasteiger partial charge in [-0.3, -0.25) is 0 Å². The first-order chi connectivity index (χ1) is 5.83. The van der Waals surface area contributed by atoms with Gasteiger partial charge in [-0.25, -0.2) is 4.98 Å². The van der Waals surface area contributed by atoms with E-state index in [0.29, 0.717) is 24.1 Å². The summed E-state index contributed by atoms with van der Waals surface area (Å²) < 4.78 is 5.79. The SMILES string of the molecule is C#CCCOCc1cnc(Cl)s1. The molecule has 0 aromatic carbocycles. The molecule has 12 heavy (non-hydrogen) atoms. The molecule has 1 aromatic rings. The Morgan fingerprint density at radius 1 is 1.75 bits per heavy atom. The van der Waals surface area contributed by atoms with Crippen LogP contribution in [0.4, 0.5) is 0 Å². The molecule has 0 N–H and O–H groups in total. The molecule has 1 heterocycles. The summed E-state index contributed by atoms with van der Waals surface area (Å²) >= 11 is 7.04. The predicted molar refractivity (Wildman–Crippen MR) is 50.2 cm³/mol. The summed E-state index contributed by atoms with van der Waals surface area (Å²) in [5.41, 5.74) is 0. The minimum Gasteiger partial charge on any atom is -0.375 e. The van der Waals surface area contributed by atoms with Crippen molar-refractivity contribution in [2.24, 2.45) is 0 Å². The molecular formula is C8H8ClNOS. The summed E-state index contributed by atoms with van der Waals surface area (Å²) in [4.78, 5) is 4.90. The lowest BCUT2D eigenvalue weighted by Crippen LogP contribution is -1.91. The minimum absolute atomic E-state index is 0.547. The Labute approximate surface area is 80.5 Å². The van der Waals surface area contributed by atoms with Crippen molar-refractivity contribution < 1.29 is 4.74 Å². The molecule has 0 atom stereocenters. The fraction of sp³-hybridized carbons (Fsp3) is 0.375. The van der Waals surface area contributed by atoms with E-state index >= 15 is 0 Å². The van der Waals surface area contributed by atoms with E-state index in [1.54, 1.807) is 6.20 Å². The maximum Gasteiger partial charge on any atom is 0.183 e. The Morgan fingerprint density at radius 2 is 2.58 bits per heavy atom. The first-order valence-electron chi connectivity index (χ1n) is 3.44. The van der Waals surface area contributed by atoms with E-state index in [2.05, 4.69) is 10.9 Å². The van der Waals surface area contributed by atoms with Crippen molar-refractivity contribution >= 4 is 22.9 Å². The molecule has 0 spiro atoms. The molecule has 0 fully saturated rings.